The Bertz CT molecular complexity index is 892. The minimum atomic E-state index is -0.753. The summed E-state index contributed by atoms with van der Waals surface area (Å²) in [6.45, 7) is 1.95. The molecule has 23 heavy (non-hydrogen) atoms. The quantitative estimate of drug-likeness (QED) is 0.778. The van der Waals surface area contributed by atoms with E-state index >= 15 is 0 Å². The fourth-order valence-corrected chi connectivity index (χ4v) is 2.21. The van der Waals surface area contributed by atoms with Crippen molar-refractivity contribution in [3.63, 3.8) is 0 Å². The first-order valence-corrected chi connectivity index (χ1v) is 7.17. The molecule has 0 radical (unpaired) electrons. The molecule has 0 aliphatic carbocycles. The van der Waals surface area contributed by atoms with Gasteiger partial charge in [0.1, 0.15) is 11.6 Å². The van der Waals surface area contributed by atoms with E-state index in [0.29, 0.717) is 17.4 Å². The number of hydrogen-bond donors (Lipinski definition) is 1. The third-order valence-corrected chi connectivity index (χ3v) is 3.53. The summed E-state index contributed by atoms with van der Waals surface area (Å²) < 4.78 is 1.10. The minimum absolute atomic E-state index is 0.305. The zero-order chi connectivity index (χ0) is 16.2. The molecule has 2 aromatic heterocycles. The van der Waals surface area contributed by atoms with Crippen LogP contribution in [0.2, 0.25) is 0 Å². The van der Waals surface area contributed by atoms with Crippen LogP contribution in [0.5, 0.6) is 0 Å². The lowest BCUT2D eigenvalue weighted by Gasteiger charge is -2.13. The van der Waals surface area contributed by atoms with Crippen LogP contribution in [0, 0.1) is 0 Å². The average molecular weight is 309 g/mol. The second-order valence-electron chi connectivity index (χ2n) is 5.11. The number of rotatable bonds is 4. The molecule has 0 saturated carbocycles. The Morgan fingerprint density at radius 2 is 2.09 bits per heavy atom. The van der Waals surface area contributed by atoms with Gasteiger partial charge in [-0.3, -0.25) is 14.6 Å². The van der Waals surface area contributed by atoms with E-state index in [-0.39, 0.29) is 11.5 Å². The van der Waals surface area contributed by atoms with Gasteiger partial charge < -0.3 is 5.32 Å². The summed E-state index contributed by atoms with van der Waals surface area (Å²) in [7, 11) is 0. The summed E-state index contributed by atoms with van der Waals surface area (Å²) >= 11 is 0. The van der Waals surface area contributed by atoms with Gasteiger partial charge in [-0.05, 0) is 30.7 Å². The van der Waals surface area contributed by atoms with Gasteiger partial charge in [-0.1, -0.05) is 23.4 Å². The predicted molar refractivity (Wildman–Crippen MR) is 84.6 cm³/mol. The maximum Gasteiger partial charge on any atom is 0.278 e. The van der Waals surface area contributed by atoms with E-state index in [1.807, 2.05) is 6.07 Å². The van der Waals surface area contributed by atoms with Gasteiger partial charge in [-0.2, -0.15) is 4.68 Å². The van der Waals surface area contributed by atoms with E-state index in [1.54, 1.807) is 49.6 Å². The van der Waals surface area contributed by atoms with Crippen LogP contribution in [0.15, 0.2) is 53.6 Å². The molecule has 0 fully saturated rings. The van der Waals surface area contributed by atoms with Crippen LogP contribution in [-0.2, 0) is 11.3 Å². The number of nitrogens with one attached hydrogen (secondary N) is 1. The number of pyridine rings is 1. The molecule has 1 atom stereocenters. The molecule has 3 aromatic rings. The van der Waals surface area contributed by atoms with E-state index in [4.69, 9.17) is 0 Å². The van der Waals surface area contributed by atoms with E-state index in [9.17, 15) is 9.59 Å². The van der Waals surface area contributed by atoms with Crippen molar-refractivity contribution in [1.29, 1.82) is 0 Å². The SMILES string of the molecule is C[C@@H](C(=O)NCc1cccnc1)n1nnc2ccccc2c1=O. The summed E-state index contributed by atoms with van der Waals surface area (Å²) in [4.78, 5) is 28.7. The van der Waals surface area contributed by atoms with Gasteiger partial charge in [0.15, 0.2) is 0 Å². The molecule has 3 rings (SSSR count). The number of carbonyl (C=O) groups excluding carboxylic acids is 1. The van der Waals surface area contributed by atoms with Crippen LogP contribution in [0.3, 0.4) is 0 Å². The first kappa shape index (κ1) is 14.8. The normalized spacial score (nSPS) is 12.0. The lowest BCUT2D eigenvalue weighted by Crippen LogP contribution is -2.37. The number of aromatic nitrogens is 4. The molecular formula is C16H15N5O2. The van der Waals surface area contributed by atoms with Crippen molar-refractivity contribution in [2.24, 2.45) is 0 Å². The highest BCUT2D eigenvalue weighted by Gasteiger charge is 2.18. The highest BCUT2D eigenvalue weighted by Crippen LogP contribution is 2.07. The number of amides is 1. The standard InChI is InChI=1S/C16H15N5O2/c1-11(15(22)18-10-12-5-4-8-17-9-12)21-16(23)13-6-2-3-7-14(13)19-20-21/h2-9,11H,10H2,1H3,(H,18,22)/t11-/m0/s1. The largest absolute Gasteiger partial charge is 0.350 e. The molecule has 0 unspecified atom stereocenters. The van der Waals surface area contributed by atoms with Crippen LogP contribution in [0.1, 0.15) is 18.5 Å². The number of carbonyl (C=O) groups is 1. The van der Waals surface area contributed by atoms with Gasteiger partial charge in [0.25, 0.3) is 5.56 Å². The van der Waals surface area contributed by atoms with Crippen molar-refractivity contribution in [2.45, 2.75) is 19.5 Å². The maximum atomic E-state index is 12.4. The van der Waals surface area contributed by atoms with Crippen molar-refractivity contribution in [1.82, 2.24) is 25.3 Å². The maximum absolute atomic E-state index is 12.4. The topological polar surface area (TPSA) is 89.8 Å². The fraction of sp³-hybridized carbons (Fsp3) is 0.188. The Labute approximate surface area is 132 Å². The Morgan fingerprint density at radius 3 is 2.87 bits per heavy atom. The Morgan fingerprint density at radius 1 is 1.26 bits per heavy atom. The van der Waals surface area contributed by atoms with Crippen molar-refractivity contribution < 1.29 is 4.79 Å². The summed E-state index contributed by atoms with van der Waals surface area (Å²) in [5.74, 6) is -0.305. The molecule has 7 nitrogen and oxygen atoms in total. The Kier molecular flexibility index (Phi) is 4.09. The van der Waals surface area contributed by atoms with Gasteiger partial charge in [-0.15, -0.1) is 5.10 Å². The molecule has 0 aliphatic heterocycles. The molecule has 0 saturated heterocycles. The van der Waals surface area contributed by atoms with E-state index < -0.39 is 6.04 Å². The molecule has 7 heteroatoms. The van der Waals surface area contributed by atoms with E-state index in [2.05, 4.69) is 20.6 Å². The Hall–Kier alpha value is -3.09. The predicted octanol–water partition coefficient (Wildman–Crippen LogP) is 1.06. The molecule has 0 bridgehead atoms. The van der Waals surface area contributed by atoms with Gasteiger partial charge in [0.05, 0.1) is 5.39 Å². The third-order valence-electron chi connectivity index (χ3n) is 3.53. The molecule has 1 aromatic carbocycles. The van der Waals surface area contributed by atoms with Crippen molar-refractivity contribution in [2.75, 3.05) is 0 Å². The first-order valence-electron chi connectivity index (χ1n) is 7.17. The lowest BCUT2D eigenvalue weighted by atomic mass is 10.2. The smallest absolute Gasteiger partial charge is 0.278 e. The number of hydrogen-bond acceptors (Lipinski definition) is 5. The number of benzene rings is 1. The molecule has 1 amide bonds. The second-order valence-corrected chi connectivity index (χ2v) is 5.11. The zero-order valence-electron chi connectivity index (χ0n) is 12.5. The van der Waals surface area contributed by atoms with Gasteiger partial charge in [-0.25, -0.2) is 0 Å². The van der Waals surface area contributed by atoms with E-state index in [0.717, 1.165) is 10.2 Å². The molecule has 0 aliphatic rings. The minimum Gasteiger partial charge on any atom is -0.350 e. The van der Waals surface area contributed by atoms with Crippen LogP contribution in [0.25, 0.3) is 10.9 Å². The second kappa shape index (κ2) is 6.35. The third kappa shape index (κ3) is 3.08. The lowest BCUT2D eigenvalue weighted by molar-refractivity contribution is -0.124. The van der Waals surface area contributed by atoms with Crippen LogP contribution < -0.4 is 10.9 Å². The Balaban J connectivity index is 1.80. The van der Waals surface area contributed by atoms with Crippen molar-refractivity contribution >= 4 is 16.8 Å². The highest BCUT2D eigenvalue weighted by atomic mass is 16.2. The average Bonchev–Trinajstić information content (AvgIpc) is 2.60. The van der Waals surface area contributed by atoms with E-state index in [1.165, 1.54) is 0 Å². The van der Waals surface area contributed by atoms with Crippen LogP contribution in [-0.4, -0.2) is 25.9 Å². The zero-order valence-corrected chi connectivity index (χ0v) is 12.5. The first-order chi connectivity index (χ1) is 11.2. The molecule has 0 spiro atoms. The van der Waals surface area contributed by atoms with Crippen LogP contribution in [0.4, 0.5) is 0 Å². The molecule has 116 valence electrons. The summed E-state index contributed by atoms with van der Waals surface area (Å²) in [5.41, 5.74) is 1.06. The monoisotopic (exact) mass is 309 g/mol. The van der Waals surface area contributed by atoms with Gasteiger partial charge >= 0.3 is 0 Å². The summed E-state index contributed by atoms with van der Waals surface area (Å²) in [6.07, 6.45) is 3.34. The number of fused-ring (bicyclic) bond motifs is 1. The molecule has 1 N–H and O–H groups in total. The van der Waals surface area contributed by atoms with Crippen molar-refractivity contribution in [3.05, 3.63) is 64.7 Å². The fourth-order valence-electron chi connectivity index (χ4n) is 2.21. The van der Waals surface area contributed by atoms with Crippen molar-refractivity contribution in [3.8, 4) is 0 Å². The molecular weight excluding hydrogens is 294 g/mol. The highest BCUT2D eigenvalue weighted by molar-refractivity contribution is 5.81. The molecule has 2 heterocycles. The van der Waals surface area contributed by atoms with Gasteiger partial charge in [0.2, 0.25) is 5.91 Å². The van der Waals surface area contributed by atoms with Crippen LogP contribution >= 0.6 is 0 Å². The summed E-state index contributed by atoms with van der Waals surface area (Å²) in [5, 5.41) is 11.1. The van der Waals surface area contributed by atoms with Gasteiger partial charge in [0, 0.05) is 18.9 Å². The summed E-state index contributed by atoms with van der Waals surface area (Å²) in [6, 6.07) is 9.82. The number of nitrogens with zero attached hydrogens (tertiary/aromatic N) is 4.